The van der Waals surface area contributed by atoms with E-state index in [1.165, 1.54) is 24.2 Å². The molecule has 4 nitrogen and oxygen atoms in total. The number of amides is 1. The number of thiophene rings is 1. The normalized spacial score (nSPS) is 15.6. The van der Waals surface area contributed by atoms with Crippen molar-refractivity contribution >= 4 is 38.9 Å². The number of halogens is 1. The topological polar surface area (TPSA) is 41.6 Å². The molecule has 1 atom stereocenters. The summed E-state index contributed by atoms with van der Waals surface area (Å²) in [6.45, 7) is 2.58. The molecule has 6 heteroatoms. The first-order chi connectivity index (χ1) is 13.7. The summed E-state index contributed by atoms with van der Waals surface area (Å²) < 4.78 is 6.60. The molecule has 2 aromatic carbocycles. The molecule has 0 radical (unpaired) electrons. The average Bonchev–Trinajstić information content (AvgIpc) is 3.37. The van der Waals surface area contributed by atoms with Crippen LogP contribution in [0, 0.1) is 0 Å². The number of nitrogens with zero attached hydrogens (tertiary/aromatic N) is 1. The number of nitrogens with one attached hydrogen (secondary N) is 1. The number of carbonyl (C=O) groups excluding carboxylic acids is 1. The van der Waals surface area contributed by atoms with Crippen molar-refractivity contribution in [3.63, 3.8) is 0 Å². The number of fused-ring (bicyclic) bond motifs is 1. The Balaban J connectivity index is 1.57. The molecule has 1 aliphatic rings. The van der Waals surface area contributed by atoms with Gasteiger partial charge < -0.3 is 10.1 Å². The fourth-order valence-electron chi connectivity index (χ4n) is 3.86. The van der Waals surface area contributed by atoms with Crippen LogP contribution in [0.4, 0.5) is 0 Å². The summed E-state index contributed by atoms with van der Waals surface area (Å²) in [6.07, 6.45) is 2.36. The molecule has 1 unspecified atom stereocenters. The maximum Gasteiger partial charge on any atom is 0.262 e. The van der Waals surface area contributed by atoms with Gasteiger partial charge in [0.2, 0.25) is 0 Å². The lowest BCUT2D eigenvalue weighted by Crippen LogP contribution is -2.36. The number of para-hydroxylation sites is 1. The first-order valence-electron chi connectivity index (χ1n) is 9.51. The van der Waals surface area contributed by atoms with Crippen LogP contribution in [0.15, 0.2) is 48.5 Å². The molecule has 28 heavy (non-hydrogen) atoms. The Morgan fingerprint density at radius 3 is 2.64 bits per heavy atom. The molecule has 3 aromatic rings. The molecule has 0 bridgehead atoms. The molecule has 1 aromatic heterocycles. The second kappa shape index (κ2) is 8.52. The standard InChI is InChI=1S/C22H23ClN2O2S/c1-27-18-10-4-2-8-15(18)17(25-12-6-7-13-25)14-24-22(26)21-20(23)16-9-3-5-11-19(16)28-21/h2-5,8-11,17H,6-7,12-14H2,1H3,(H,24,26). The van der Waals surface area contributed by atoms with Crippen molar-refractivity contribution in [1.29, 1.82) is 0 Å². The van der Waals surface area contributed by atoms with Crippen LogP contribution < -0.4 is 10.1 Å². The summed E-state index contributed by atoms with van der Waals surface area (Å²) in [6, 6.07) is 16.0. The highest BCUT2D eigenvalue weighted by atomic mass is 35.5. The van der Waals surface area contributed by atoms with E-state index in [0.717, 1.165) is 34.5 Å². The third kappa shape index (κ3) is 3.75. The number of hydrogen-bond acceptors (Lipinski definition) is 4. The Bertz CT molecular complexity index is 982. The molecule has 146 valence electrons. The Morgan fingerprint density at radius 2 is 1.89 bits per heavy atom. The van der Waals surface area contributed by atoms with Crippen molar-refractivity contribution in [2.45, 2.75) is 18.9 Å². The van der Waals surface area contributed by atoms with E-state index >= 15 is 0 Å². The van der Waals surface area contributed by atoms with E-state index in [9.17, 15) is 4.79 Å². The smallest absolute Gasteiger partial charge is 0.262 e. The van der Waals surface area contributed by atoms with Crippen LogP contribution >= 0.6 is 22.9 Å². The number of hydrogen-bond donors (Lipinski definition) is 1. The molecule has 0 spiro atoms. The van der Waals surface area contributed by atoms with Gasteiger partial charge >= 0.3 is 0 Å². The van der Waals surface area contributed by atoms with Gasteiger partial charge in [-0.1, -0.05) is 48.0 Å². The van der Waals surface area contributed by atoms with Gasteiger partial charge in [0, 0.05) is 22.2 Å². The highest BCUT2D eigenvalue weighted by molar-refractivity contribution is 7.21. The lowest BCUT2D eigenvalue weighted by Gasteiger charge is -2.29. The monoisotopic (exact) mass is 414 g/mol. The van der Waals surface area contributed by atoms with E-state index in [1.807, 2.05) is 42.5 Å². The quantitative estimate of drug-likeness (QED) is 0.607. The zero-order valence-corrected chi connectivity index (χ0v) is 17.4. The summed E-state index contributed by atoms with van der Waals surface area (Å²) in [7, 11) is 1.69. The Kier molecular flexibility index (Phi) is 5.85. The zero-order valence-electron chi connectivity index (χ0n) is 15.8. The fraction of sp³-hybridized carbons (Fsp3) is 0.318. The van der Waals surface area contributed by atoms with Gasteiger partial charge in [-0.3, -0.25) is 9.69 Å². The number of carbonyl (C=O) groups is 1. The van der Waals surface area contributed by atoms with Gasteiger partial charge in [0.25, 0.3) is 5.91 Å². The summed E-state index contributed by atoms with van der Waals surface area (Å²) in [5.74, 6) is 0.735. The number of methoxy groups -OCH3 is 1. The van der Waals surface area contributed by atoms with Crippen LogP contribution in [0.2, 0.25) is 5.02 Å². The van der Waals surface area contributed by atoms with Crippen molar-refractivity contribution in [1.82, 2.24) is 10.2 Å². The summed E-state index contributed by atoms with van der Waals surface area (Å²) >= 11 is 7.92. The molecule has 0 saturated carbocycles. The van der Waals surface area contributed by atoms with E-state index in [0.29, 0.717) is 16.4 Å². The van der Waals surface area contributed by atoms with Crippen molar-refractivity contribution in [2.75, 3.05) is 26.7 Å². The van der Waals surface area contributed by atoms with Gasteiger partial charge in [-0.05, 0) is 38.1 Å². The Morgan fingerprint density at radius 1 is 1.18 bits per heavy atom. The van der Waals surface area contributed by atoms with E-state index in [-0.39, 0.29) is 11.9 Å². The number of benzene rings is 2. The number of likely N-dealkylation sites (tertiary alicyclic amines) is 1. The van der Waals surface area contributed by atoms with Crippen LogP contribution in [0.3, 0.4) is 0 Å². The van der Waals surface area contributed by atoms with Gasteiger partial charge in [-0.25, -0.2) is 0 Å². The minimum Gasteiger partial charge on any atom is -0.496 e. The van der Waals surface area contributed by atoms with E-state index in [1.54, 1.807) is 7.11 Å². The lowest BCUT2D eigenvalue weighted by molar-refractivity contribution is 0.0941. The predicted octanol–water partition coefficient (Wildman–Crippen LogP) is 5.13. The lowest BCUT2D eigenvalue weighted by atomic mass is 10.0. The highest BCUT2D eigenvalue weighted by Crippen LogP contribution is 2.35. The van der Waals surface area contributed by atoms with Crippen LogP contribution in [0.25, 0.3) is 10.1 Å². The van der Waals surface area contributed by atoms with Gasteiger partial charge in [0.15, 0.2) is 0 Å². The molecular formula is C22H23ClN2O2S. The molecule has 1 N–H and O–H groups in total. The molecule has 1 fully saturated rings. The van der Waals surface area contributed by atoms with Crippen LogP contribution in [0.5, 0.6) is 5.75 Å². The molecular weight excluding hydrogens is 392 g/mol. The van der Waals surface area contributed by atoms with E-state index in [4.69, 9.17) is 16.3 Å². The van der Waals surface area contributed by atoms with Crippen molar-refractivity contribution in [2.24, 2.45) is 0 Å². The third-order valence-corrected chi connectivity index (χ3v) is 6.95. The van der Waals surface area contributed by atoms with Gasteiger partial charge in [0.05, 0.1) is 18.2 Å². The van der Waals surface area contributed by atoms with Gasteiger partial charge in [0.1, 0.15) is 10.6 Å². The van der Waals surface area contributed by atoms with E-state index < -0.39 is 0 Å². The minimum atomic E-state index is -0.120. The summed E-state index contributed by atoms with van der Waals surface area (Å²) in [5.41, 5.74) is 1.11. The highest BCUT2D eigenvalue weighted by Gasteiger charge is 2.27. The third-order valence-electron chi connectivity index (χ3n) is 5.28. The number of ether oxygens (including phenoxy) is 1. The van der Waals surface area contributed by atoms with Gasteiger partial charge in [-0.2, -0.15) is 0 Å². The minimum absolute atomic E-state index is 0.0794. The second-order valence-corrected chi connectivity index (χ2v) is 8.38. The SMILES string of the molecule is COc1ccccc1C(CNC(=O)c1sc2ccccc2c1Cl)N1CCCC1. The summed E-state index contributed by atoms with van der Waals surface area (Å²) in [4.78, 5) is 15.9. The molecule has 2 heterocycles. The first kappa shape index (κ1) is 19.2. The molecule has 1 aliphatic heterocycles. The van der Waals surface area contributed by atoms with Crippen LogP contribution in [-0.2, 0) is 0 Å². The Hall–Kier alpha value is -2.08. The van der Waals surface area contributed by atoms with Crippen LogP contribution in [0.1, 0.15) is 34.1 Å². The summed E-state index contributed by atoms with van der Waals surface area (Å²) in [5, 5.41) is 4.58. The molecule has 1 saturated heterocycles. The average molecular weight is 415 g/mol. The maximum atomic E-state index is 12.9. The maximum absolute atomic E-state index is 12.9. The van der Waals surface area contributed by atoms with Crippen LogP contribution in [-0.4, -0.2) is 37.6 Å². The molecule has 0 aliphatic carbocycles. The first-order valence-corrected chi connectivity index (χ1v) is 10.7. The Labute approximate surface area is 174 Å². The molecule has 4 rings (SSSR count). The number of rotatable bonds is 6. The largest absolute Gasteiger partial charge is 0.496 e. The van der Waals surface area contributed by atoms with Crippen molar-refractivity contribution in [3.05, 3.63) is 64.0 Å². The predicted molar refractivity (Wildman–Crippen MR) is 116 cm³/mol. The van der Waals surface area contributed by atoms with E-state index in [2.05, 4.69) is 16.3 Å². The van der Waals surface area contributed by atoms with Crippen molar-refractivity contribution in [3.8, 4) is 5.75 Å². The second-order valence-electron chi connectivity index (χ2n) is 6.95. The fourth-order valence-corrected chi connectivity index (χ4v) is 5.29. The van der Waals surface area contributed by atoms with Crippen molar-refractivity contribution < 1.29 is 9.53 Å². The zero-order chi connectivity index (χ0) is 19.5. The molecule has 1 amide bonds. The van der Waals surface area contributed by atoms with Gasteiger partial charge in [-0.15, -0.1) is 11.3 Å².